The largest absolute Gasteiger partial charge is 0.465 e. The molecule has 0 radical (unpaired) electrons. The number of carbonyl (C=O) groups excluding carboxylic acids is 1. The highest BCUT2D eigenvalue weighted by molar-refractivity contribution is 5.82. The standard InChI is InChI=1S/C5H7NO5/c7-3-1-2(4(8)11-3)6-5(9)10/h2-3,6-7H,1H2,(H,9,10)/t2-,3?/m1/s1. The Morgan fingerprint density at radius 1 is 1.73 bits per heavy atom. The van der Waals surface area contributed by atoms with Crippen LogP contribution in [0.5, 0.6) is 0 Å². The second kappa shape index (κ2) is 2.75. The molecule has 1 saturated heterocycles. The SMILES string of the molecule is O=C(O)N[C@@H]1CC(O)OC1=O. The summed E-state index contributed by atoms with van der Waals surface area (Å²) in [5.74, 6) is -0.736. The fourth-order valence-corrected chi connectivity index (χ4v) is 0.829. The summed E-state index contributed by atoms with van der Waals surface area (Å²) in [5, 5.41) is 18.8. The van der Waals surface area contributed by atoms with Crippen LogP contribution in [-0.4, -0.2) is 34.6 Å². The topological polar surface area (TPSA) is 95.9 Å². The summed E-state index contributed by atoms with van der Waals surface area (Å²) >= 11 is 0. The Kier molecular flexibility index (Phi) is 1.95. The number of cyclic esters (lactones) is 1. The van der Waals surface area contributed by atoms with E-state index in [2.05, 4.69) is 4.74 Å². The Morgan fingerprint density at radius 2 is 2.36 bits per heavy atom. The highest BCUT2D eigenvalue weighted by Gasteiger charge is 2.34. The van der Waals surface area contributed by atoms with E-state index in [9.17, 15) is 9.59 Å². The van der Waals surface area contributed by atoms with Gasteiger partial charge < -0.3 is 20.3 Å². The molecule has 0 aliphatic carbocycles. The zero-order valence-corrected chi connectivity index (χ0v) is 5.48. The first kappa shape index (κ1) is 7.80. The van der Waals surface area contributed by atoms with Crippen molar-refractivity contribution in [2.45, 2.75) is 18.8 Å². The van der Waals surface area contributed by atoms with E-state index in [-0.39, 0.29) is 6.42 Å². The summed E-state index contributed by atoms with van der Waals surface area (Å²) in [6.45, 7) is 0. The van der Waals surface area contributed by atoms with E-state index in [0.29, 0.717) is 0 Å². The summed E-state index contributed by atoms with van der Waals surface area (Å²) in [6.07, 6.45) is -2.51. The number of aliphatic hydroxyl groups excluding tert-OH is 1. The monoisotopic (exact) mass is 161 g/mol. The first-order chi connectivity index (χ1) is 5.09. The molecule has 3 N–H and O–H groups in total. The molecule has 0 saturated carbocycles. The van der Waals surface area contributed by atoms with Crippen molar-refractivity contribution >= 4 is 12.1 Å². The van der Waals surface area contributed by atoms with Crippen LogP contribution in [0.2, 0.25) is 0 Å². The van der Waals surface area contributed by atoms with Gasteiger partial charge in [0, 0.05) is 6.42 Å². The minimum atomic E-state index is -1.30. The minimum Gasteiger partial charge on any atom is -0.465 e. The summed E-state index contributed by atoms with van der Waals surface area (Å²) in [6, 6.07) is -0.928. The van der Waals surface area contributed by atoms with Gasteiger partial charge in [0.05, 0.1) is 0 Å². The number of carboxylic acid groups (broad SMARTS) is 1. The van der Waals surface area contributed by atoms with Crippen LogP contribution < -0.4 is 5.32 Å². The van der Waals surface area contributed by atoms with Gasteiger partial charge in [-0.25, -0.2) is 9.59 Å². The van der Waals surface area contributed by atoms with E-state index >= 15 is 0 Å². The maximum Gasteiger partial charge on any atom is 0.405 e. The molecule has 6 nitrogen and oxygen atoms in total. The quantitative estimate of drug-likeness (QED) is 0.424. The maximum atomic E-state index is 10.6. The highest BCUT2D eigenvalue weighted by Crippen LogP contribution is 2.11. The number of hydrogen-bond donors (Lipinski definition) is 3. The third-order valence-electron chi connectivity index (χ3n) is 1.27. The zero-order valence-electron chi connectivity index (χ0n) is 5.48. The van der Waals surface area contributed by atoms with Crippen molar-refractivity contribution in [3.8, 4) is 0 Å². The zero-order chi connectivity index (χ0) is 8.43. The lowest BCUT2D eigenvalue weighted by molar-refractivity contribution is -0.154. The summed E-state index contributed by atoms with van der Waals surface area (Å²) in [7, 11) is 0. The fourth-order valence-electron chi connectivity index (χ4n) is 0.829. The Hall–Kier alpha value is -1.30. The number of hydrogen-bond acceptors (Lipinski definition) is 4. The molecule has 1 aliphatic heterocycles. The smallest absolute Gasteiger partial charge is 0.405 e. The molecule has 1 amide bonds. The van der Waals surface area contributed by atoms with E-state index in [1.54, 1.807) is 0 Å². The first-order valence-electron chi connectivity index (χ1n) is 2.97. The average molecular weight is 161 g/mol. The molecule has 0 aromatic carbocycles. The molecule has 1 fully saturated rings. The molecule has 1 heterocycles. The van der Waals surface area contributed by atoms with E-state index in [1.807, 2.05) is 5.32 Å². The van der Waals surface area contributed by atoms with Crippen molar-refractivity contribution in [3.63, 3.8) is 0 Å². The Balaban J connectivity index is 2.47. The predicted octanol–water partition coefficient (Wildman–Crippen LogP) is -1.11. The van der Waals surface area contributed by atoms with Gasteiger partial charge in [-0.1, -0.05) is 0 Å². The molecule has 0 aromatic heterocycles. The lowest BCUT2D eigenvalue weighted by Gasteiger charge is -2.02. The van der Waals surface area contributed by atoms with Crippen LogP contribution in [0.1, 0.15) is 6.42 Å². The van der Waals surface area contributed by atoms with Crippen molar-refractivity contribution in [1.29, 1.82) is 0 Å². The number of amides is 1. The van der Waals surface area contributed by atoms with Crippen molar-refractivity contribution in [2.24, 2.45) is 0 Å². The first-order valence-corrected chi connectivity index (χ1v) is 2.97. The Morgan fingerprint density at radius 3 is 2.73 bits per heavy atom. The minimum absolute atomic E-state index is 0.0227. The molecule has 11 heavy (non-hydrogen) atoms. The molecular weight excluding hydrogens is 154 g/mol. The Bertz CT molecular complexity index is 191. The maximum absolute atomic E-state index is 10.6. The van der Waals surface area contributed by atoms with Crippen molar-refractivity contribution < 1.29 is 24.5 Å². The molecule has 2 atom stereocenters. The van der Waals surface area contributed by atoms with Gasteiger partial charge >= 0.3 is 12.1 Å². The van der Waals surface area contributed by atoms with Gasteiger partial charge in [0.2, 0.25) is 6.29 Å². The number of nitrogens with one attached hydrogen (secondary N) is 1. The van der Waals surface area contributed by atoms with Gasteiger partial charge in [-0.3, -0.25) is 0 Å². The van der Waals surface area contributed by atoms with E-state index in [1.165, 1.54) is 0 Å². The fraction of sp³-hybridized carbons (Fsp3) is 0.600. The second-order valence-corrected chi connectivity index (χ2v) is 2.13. The van der Waals surface area contributed by atoms with E-state index in [0.717, 1.165) is 0 Å². The van der Waals surface area contributed by atoms with Crippen molar-refractivity contribution in [1.82, 2.24) is 5.32 Å². The van der Waals surface area contributed by atoms with Crippen LogP contribution in [0.15, 0.2) is 0 Å². The number of ether oxygens (including phenoxy) is 1. The third-order valence-corrected chi connectivity index (χ3v) is 1.27. The van der Waals surface area contributed by atoms with Gasteiger partial charge in [0.15, 0.2) is 0 Å². The molecule has 1 aliphatic rings. The average Bonchev–Trinajstić information content (AvgIpc) is 2.09. The van der Waals surface area contributed by atoms with Gasteiger partial charge in [0.1, 0.15) is 6.04 Å². The predicted molar refractivity (Wildman–Crippen MR) is 31.7 cm³/mol. The third kappa shape index (κ3) is 1.81. The summed E-state index contributed by atoms with van der Waals surface area (Å²) in [5.41, 5.74) is 0. The van der Waals surface area contributed by atoms with Gasteiger partial charge in [0.25, 0.3) is 0 Å². The van der Waals surface area contributed by atoms with Gasteiger partial charge in [-0.2, -0.15) is 0 Å². The summed E-state index contributed by atoms with van der Waals surface area (Å²) < 4.78 is 4.27. The molecule has 0 bridgehead atoms. The molecule has 1 unspecified atom stereocenters. The number of rotatable bonds is 1. The second-order valence-electron chi connectivity index (χ2n) is 2.13. The van der Waals surface area contributed by atoms with Crippen molar-refractivity contribution in [2.75, 3.05) is 0 Å². The lowest BCUT2D eigenvalue weighted by Crippen LogP contribution is -2.36. The molecule has 0 aromatic rings. The van der Waals surface area contributed by atoms with Crippen LogP contribution in [-0.2, 0) is 9.53 Å². The molecule has 6 heteroatoms. The van der Waals surface area contributed by atoms with Gasteiger partial charge in [-0.05, 0) is 0 Å². The van der Waals surface area contributed by atoms with Crippen LogP contribution in [0.4, 0.5) is 4.79 Å². The summed E-state index contributed by atoms with van der Waals surface area (Å²) in [4.78, 5) is 20.6. The Labute approximate surface area is 61.8 Å². The van der Waals surface area contributed by atoms with Gasteiger partial charge in [-0.15, -0.1) is 0 Å². The molecule has 62 valence electrons. The van der Waals surface area contributed by atoms with Crippen LogP contribution in [0.3, 0.4) is 0 Å². The lowest BCUT2D eigenvalue weighted by atomic mass is 10.2. The normalized spacial score (nSPS) is 29.7. The highest BCUT2D eigenvalue weighted by atomic mass is 16.6. The number of aliphatic hydroxyl groups is 1. The molecule has 1 rings (SSSR count). The number of esters is 1. The van der Waals surface area contributed by atoms with Crippen LogP contribution in [0.25, 0.3) is 0 Å². The van der Waals surface area contributed by atoms with Crippen LogP contribution in [0, 0.1) is 0 Å². The number of carbonyl (C=O) groups is 2. The van der Waals surface area contributed by atoms with E-state index < -0.39 is 24.4 Å². The van der Waals surface area contributed by atoms with Crippen molar-refractivity contribution in [3.05, 3.63) is 0 Å². The van der Waals surface area contributed by atoms with E-state index in [4.69, 9.17) is 10.2 Å². The molecular formula is C5H7NO5. The van der Waals surface area contributed by atoms with Crippen LogP contribution >= 0.6 is 0 Å². The molecule has 0 spiro atoms.